The fourth-order valence-electron chi connectivity index (χ4n) is 1.86. The minimum absolute atomic E-state index is 0.158. The molecule has 0 saturated carbocycles. The van der Waals surface area contributed by atoms with Crippen LogP contribution in [0.4, 0.5) is 0 Å². The average Bonchev–Trinajstić information content (AvgIpc) is 2.35. The highest BCUT2D eigenvalue weighted by atomic mass is 16.3. The van der Waals surface area contributed by atoms with Gasteiger partial charge in [0.1, 0.15) is 12.0 Å². The van der Waals surface area contributed by atoms with Crippen LogP contribution in [0.3, 0.4) is 0 Å². The van der Waals surface area contributed by atoms with E-state index in [1.165, 1.54) is 0 Å². The minimum Gasteiger partial charge on any atom is -0.508 e. The van der Waals surface area contributed by atoms with Gasteiger partial charge in [0.25, 0.3) is 0 Å². The fraction of sp³-hybridized carbons (Fsp3) is 0.133. The second-order valence-corrected chi connectivity index (χ2v) is 4.08. The highest BCUT2D eigenvalue weighted by Crippen LogP contribution is 2.29. The number of aryl methyl sites for hydroxylation is 1. The second-order valence-electron chi connectivity index (χ2n) is 4.08. The van der Waals surface area contributed by atoms with E-state index in [9.17, 15) is 9.90 Å². The van der Waals surface area contributed by atoms with Crippen molar-refractivity contribution in [3.63, 3.8) is 0 Å². The van der Waals surface area contributed by atoms with Crippen molar-refractivity contribution in [2.45, 2.75) is 12.8 Å². The molecule has 1 N–H and O–H groups in total. The monoisotopic (exact) mass is 226 g/mol. The van der Waals surface area contributed by atoms with Crippen molar-refractivity contribution in [3.8, 4) is 5.75 Å². The number of phenols is 1. The summed E-state index contributed by atoms with van der Waals surface area (Å²) >= 11 is 0. The highest BCUT2D eigenvalue weighted by molar-refractivity contribution is 5.70. The molecule has 0 amide bonds. The molecule has 0 saturated heterocycles. The normalized spacial score (nSPS) is 12.1. The molecule has 86 valence electrons. The molecule has 0 aliphatic heterocycles. The molecule has 0 aliphatic rings. The number of phenolic OH excluding ortho intramolecular Hbond substituents is 1. The predicted molar refractivity (Wildman–Crippen MR) is 67.2 cm³/mol. The Hall–Kier alpha value is -2.09. The third kappa shape index (κ3) is 2.36. The molecule has 0 fully saturated rings. The number of para-hydroxylation sites is 1. The molecule has 0 radical (unpaired) electrons. The zero-order valence-electron chi connectivity index (χ0n) is 9.63. The van der Waals surface area contributed by atoms with Gasteiger partial charge in [-0.2, -0.15) is 0 Å². The van der Waals surface area contributed by atoms with Crippen LogP contribution in [0.2, 0.25) is 0 Å². The summed E-state index contributed by atoms with van der Waals surface area (Å²) in [4.78, 5) is 11.2. The molecule has 0 heterocycles. The zero-order valence-corrected chi connectivity index (χ0v) is 9.63. The molecule has 0 bridgehead atoms. The molecule has 2 aromatic rings. The van der Waals surface area contributed by atoms with Gasteiger partial charge in [-0.1, -0.05) is 48.0 Å². The van der Waals surface area contributed by atoms with Crippen LogP contribution in [0.1, 0.15) is 22.6 Å². The lowest BCUT2D eigenvalue weighted by molar-refractivity contribution is -0.108. The molecule has 2 aromatic carbocycles. The first kappa shape index (κ1) is 11.4. The van der Waals surface area contributed by atoms with Crippen molar-refractivity contribution in [1.29, 1.82) is 0 Å². The van der Waals surface area contributed by atoms with E-state index in [0.717, 1.165) is 17.4 Å². The van der Waals surface area contributed by atoms with Gasteiger partial charge in [0.2, 0.25) is 0 Å². The van der Waals surface area contributed by atoms with Crippen LogP contribution in [-0.4, -0.2) is 11.4 Å². The fourth-order valence-corrected chi connectivity index (χ4v) is 1.86. The molecule has 1 atom stereocenters. The summed E-state index contributed by atoms with van der Waals surface area (Å²) in [7, 11) is 0. The van der Waals surface area contributed by atoms with Crippen molar-refractivity contribution in [2.24, 2.45) is 0 Å². The van der Waals surface area contributed by atoms with E-state index < -0.39 is 5.92 Å². The first-order chi connectivity index (χ1) is 8.22. The van der Waals surface area contributed by atoms with Crippen LogP contribution in [0.15, 0.2) is 48.5 Å². The van der Waals surface area contributed by atoms with Gasteiger partial charge in [0.05, 0.1) is 5.92 Å². The maximum atomic E-state index is 11.2. The molecule has 0 aliphatic carbocycles. The Morgan fingerprint density at radius 2 is 1.71 bits per heavy atom. The number of benzene rings is 2. The van der Waals surface area contributed by atoms with Crippen molar-refractivity contribution in [1.82, 2.24) is 0 Å². The van der Waals surface area contributed by atoms with E-state index in [0.29, 0.717) is 5.56 Å². The summed E-state index contributed by atoms with van der Waals surface area (Å²) < 4.78 is 0. The number of hydrogen-bond donors (Lipinski definition) is 1. The van der Waals surface area contributed by atoms with Crippen molar-refractivity contribution >= 4 is 6.29 Å². The summed E-state index contributed by atoms with van der Waals surface area (Å²) in [6, 6.07) is 14.7. The van der Waals surface area contributed by atoms with E-state index in [1.54, 1.807) is 18.2 Å². The predicted octanol–water partition coefficient (Wildman–Crippen LogP) is 3.03. The number of aromatic hydroxyl groups is 1. The Morgan fingerprint density at radius 3 is 2.29 bits per heavy atom. The third-order valence-corrected chi connectivity index (χ3v) is 2.84. The summed E-state index contributed by atoms with van der Waals surface area (Å²) in [5.74, 6) is -0.248. The summed E-state index contributed by atoms with van der Waals surface area (Å²) in [6.07, 6.45) is 0.861. The third-order valence-electron chi connectivity index (χ3n) is 2.84. The Bertz CT molecular complexity index is 515. The summed E-state index contributed by atoms with van der Waals surface area (Å²) in [5, 5.41) is 9.77. The van der Waals surface area contributed by atoms with Gasteiger partial charge in [-0.3, -0.25) is 0 Å². The first-order valence-electron chi connectivity index (χ1n) is 5.52. The van der Waals surface area contributed by atoms with E-state index in [4.69, 9.17) is 0 Å². The van der Waals surface area contributed by atoms with Crippen LogP contribution in [0.5, 0.6) is 5.75 Å². The molecule has 17 heavy (non-hydrogen) atoms. The largest absolute Gasteiger partial charge is 0.508 e. The van der Waals surface area contributed by atoms with E-state index in [-0.39, 0.29) is 5.75 Å². The lowest BCUT2D eigenvalue weighted by atomic mass is 9.91. The molecule has 2 heteroatoms. The quantitative estimate of drug-likeness (QED) is 0.817. The number of rotatable bonds is 3. The maximum Gasteiger partial charge on any atom is 0.131 e. The Balaban J connectivity index is 2.44. The molecule has 1 unspecified atom stereocenters. The van der Waals surface area contributed by atoms with E-state index in [1.807, 2.05) is 37.3 Å². The Labute approximate surface area is 101 Å². The van der Waals surface area contributed by atoms with Crippen LogP contribution >= 0.6 is 0 Å². The lowest BCUT2D eigenvalue weighted by Gasteiger charge is -2.12. The standard InChI is InChI=1S/C15H14O2/c1-11-6-8-12(9-7-11)14(10-16)13-4-2-3-5-15(13)17/h2-10,14,17H,1H3. The van der Waals surface area contributed by atoms with Crippen LogP contribution in [0.25, 0.3) is 0 Å². The van der Waals surface area contributed by atoms with Crippen LogP contribution < -0.4 is 0 Å². The first-order valence-corrected chi connectivity index (χ1v) is 5.52. The van der Waals surface area contributed by atoms with Gasteiger partial charge in [0, 0.05) is 5.56 Å². The Morgan fingerprint density at radius 1 is 1.06 bits per heavy atom. The molecule has 0 aromatic heterocycles. The number of carbonyl (C=O) groups excluding carboxylic acids is 1. The molecule has 0 spiro atoms. The van der Waals surface area contributed by atoms with Crippen molar-refractivity contribution in [3.05, 3.63) is 65.2 Å². The van der Waals surface area contributed by atoms with Crippen molar-refractivity contribution < 1.29 is 9.90 Å². The minimum atomic E-state index is -0.406. The van der Waals surface area contributed by atoms with E-state index >= 15 is 0 Å². The smallest absolute Gasteiger partial charge is 0.131 e. The molecule has 2 nitrogen and oxygen atoms in total. The lowest BCUT2D eigenvalue weighted by Crippen LogP contribution is -2.02. The van der Waals surface area contributed by atoms with Crippen molar-refractivity contribution in [2.75, 3.05) is 0 Å². The zero-order chi connectivity index (χ0) is 12.3. The summed E-state index contributed by atoms with van der Waals surface area (Å²) in [5.41, 5.74) is 2.69. The topological polar surface area (TPSA) is 37.3 Å². The highest BCUT2D eigenvalue weighted by Gasteiger charge is 2.15. The SMILES string of the molecule is Cc1ccc(C(C=O)c2ccccc2O)cc1. The average molecular weight is 226 g/mol. The van der Waals surface area contributed by atoms with Gasteiger partial charge < -0.3 is 9.90 Å². The van der Waals surface area contributed by atoms with Crippen LogP contribution in [0, 0.1) is 6.92 Å². The number of hydrogen-bond acceptors (Lipinski definition) is 2. The molecular weight excluding hydrogens is 212 g/mol. The molecule has 2 rings (SSSR count). The Kier molecular flexibility index (Phi) is 3.24. The molecular formula is C15H14O2. The van der Waals surface area contributed by atoms with E-state index in [2.05, 4.69) is 0 Å². The number of aldehydes is 1. The maximum absolute atomic E-state index is 11.2. The van der Waals surface area contributed by atoms with Gasteiger partial charge in [-0.15, -0.1) is 0 Å². The van der Waals surface area contributed by atoms with Gasteiger partial charge in [0.15, 0.2) is 0 Å². The van der Waals surface area contributed by atoms with Gasteiger partial charge in [-0.05, 0) is 18.6 Å². The van der Waals surface area contributed by atoms with Crippen LogP contribution in [-0.2, 0) is 4.79 Å². The summed E-state index contributed by atoms with van der Waals surface area (Å²) in [6.45, 7) is 2.00. The van der Waals surface area contributed by atoms with Gasteiger partial charge >= 0.3 is 0 Å². The number of carbonyl (C=O) groups is 1. The second kappa shape index (κ2) is 4.83. The van der Waals surface area contributed by atoms with Gasteiger partial charge in [-0.25, -0.2) is 0 Å².